The van der Waals surface area contributed by atoms with E-state index in [0.29, 0.717) is 5.75 Å². The van der Waals surface area contributed by atoms with Gasteiger partial charge in [-0.2, -0.15) is 0 Å². The van der Waals surface area contributed by atoms with Crippen LogP contribution in [0.1, 0.15) is 13.8 Å². The minimum absolute atomic E-state index is 0.347. The second kappa shape index (κ2) is 6.88. The molecule has 0 fully saturated rings. The van der Waals surface area contributed by atoms with E-state index in [1.54, 1.807) is 26.0 Å². The lowest BCUT2D eigenvalue weighted by Crippen LogP contribution is -2.54. The van der Waals surface area contributed by atoms with Gasteiger partial charge in [-0.3, -0.25) is 4.79 Å². The Hall–Kier alpha value is -1.11. The number of aliphatic hydroxyl groups excluding tert-OH is 2. The summed E-state index contributed by atoms with van der Waals surface area (Å²) in [5.41, 5.74) is -1.05. The summed E-state index contributed by atoms with van der Waals surface area (Å²) in [5.74, 6) is 0.175. The monoisotopic (exact) mass is 331 g/mol. The molecule has 1 rings (SSSR count). The summed E-state index contributed by atoms with van der Waals surface area (Å²) in [6, 6.07) is 7.10. The molecule has 0 saturated carbocycles. The number of carbonyl (C=O) groups is 1. The fourth-order valence-corrected chi connectivity index (χ4v) is 1.56. The Kier molecular flexibility index (Phi) is 5.78. The molecular formula is C13H18BrNO4. The molecule has 0 aliphatic rings. The number of benzene rings is 1. The summed E-state index contributed by atoms with van der Waals surface area (Å²) in [5, 5.41) is 20.8. The number of aliphatic hydroxyl groups is 2. The SMILES string of the molecule is CC(Oc1ccc(Br)cc1)C(=O)NC(C)(CO)CO. The number of hydrogen-bond donors (Lipinski definition) is 3. The van der Waals surface area contributed by atoms with Crippen LogP contribution >= 0.6 is 15.9 Å². The van der Waals surface area contributed by atoms with Crippen molar-refractivity contribution in [2.45, 2.75) is 25.5 Å². The molecule has 1 aromatic rings. The third kappa shape index (κ3) is 4.81. The molecule has 1 amide bonds. The lowest BCUT2D eigenvalue weighted by molar-refractivity contribution is -0.130. The molecule has 0 bridgehead atoms. The van der Waals surface area contributed by atoms with Crippen molar-refractivity contribution in [2.24, 2.45) is 0 Å². The molecule has 3 N–H and O–H groups in total. The number of halogens is 1. The van der Waals surface area contributed by atoms with Crippen molar-refractivity contribution in [2.75, 3.05) is 13.2 Å². The fraction of sp³-hybridized carbons (Fsp3) is 0.462. The maximum atomic E-state index is 11.9. The number of rotatable bonds is 6. The Morgan fingerprint density at radius 3 is 2.37 bits per heavy atom. The Morgan fingerprint density at radius 2 is 1.89 bits per heavy atom. The number of carbonyl (C=O) groups excluding carboxylic acids is 1. The topological polar surface area (TPSA) is 78.8 Å². The highest BCUT2D eigenvalue weighted by molar-refractivity contribution is 9.10. The first-order valence-corrected chi connectivity index (χ1v) is 6.65. The molecule has 0 radical (unpaired) electrons. The van der Waals surface area contributed by atoms with Crippen molar-refractivity contribution in [3.05, 3.63) is 28.7 Å². The number of nitrogens with one attached hydrogen (secondary N) is 1. The Labute approximate surface area is 120 Å². The third-order valence-electron chi connectivity index (χ3n) is 2.62. The van der Waals surface area contributed by atoms with Gasteiger partial charge in [-0.25, -0.2) is 0 Å². The van der Waals surface area contributed by atoms with Crippen LogP contribution in [-0.2, 0) is 4.79 Å². The largest absolute Gasteiger partial charge is 0.481 e. The average molecular weight is 332 g/mol. The van der Waals surface area contributed by atoms with Crippen LogP contribution in [0.25, 0.3) is 0 Å². The molecule has 0 saturated heterocycles. The van der Waals surface area contributed by atoms with Crippen LogP contribution in [0.5, 0.6) is 5.75 Å². The molecule has 19 heavy (non-hydrogen) atoms. The van der Waals surface area contributed by atoms with Gasteiger partial charge in [-0.05, 0) is 38.1 Å². The minimum Gasteiger partial charge on any atom is -0.481 e. The summed E-state index contributed by atoms with van der Waals surface area (Å²) < 4.78 is 6.39. The van der Waals surface area contributed by atoms with Crippen LogP contribution in [0.4, 0.5) is 0 Å². The van der Waals surface area contributed by atoms with E-state index in [9.17, 15) is 4.79 Å². The van der Waals surface area contributed by atoms with Gasteiger partial charge in [0.05, 0.1) is 18.8 Å². The lowest BCUT2D eigenvalue weighted by atomic mass is 10.1. The van der Waals surface area contributed by atoms with Crippen LogP contribution in [0.3, 0.4) is 0 Å². The van der Waals surface area contributed by atoms with Crippen LogP contribution < -0.4 is 10.1 Å². The summed E-state index contributed by atoms with van der Waals surface area (Å²) in [6.07, 6.45) is -0.724. The van der Waals surface area contributed by atoms with E-state index in [1.165, 1.54) is 0 Å². The van der Waals surface area contributed by atoms with Gasteiger partial charge in [-0.1, -0.05) is 15.9 Å². The van der Waals surface area contributed by atoms with Crippen molar-refractivity contribution < 1.29 is 19.7 Å². The lowest BCUT2D eigenvalue weighted by Gasteiger charge is -2.27. The molecule has 0 aromatic heterocycles. The average Bonchev–Trinajstić information content (AvgIpc) is 2.41. The van der Waals surface area contributed by atoms with E-state index in [2.05, 4.69) is 21.2 Å². The number of hydrogen-bond acceptors (Lipinski definition) is 4. The van der Waals surface area contributed by atoms with Crippen molar-refractivity contribution in [1.82, 2.24) is 5.32 Å². The number of amides is 1. The van der Waals surface area contributed by atoms with Crippen molar-refractivity contribution in [3.63, 3.8) is 0 Å². The van der Waals surface area contributed by atoms with Crippen LogP contribution in [0, 0.1) is 0 Å². The normalized spacial score (nSPS) is 12.9. The van der Waals surface area contributed by atoms with E-state index in [1.807, 2.05) is 12.1 Å². The molecule has 1 atom stereocenters. The van der Waals surface area contributed by atoms with Gasteiger partial charge < -0.3 is 20.3 Å². The van der Waals surface area contributed by atoms with Crippen molar-refractivity contribution >= 4 is 21.8 Å². The van der Waals surface area contributed by atoms with Gasteiger partial charge >= 0.3 is 0 Å². The van der Waals surface area contributed by atoms with E-state index in [4.69, 9.17) is 14.9 Å². The van der Waals surface area contributed by atoms with E-state index in [-0.39, 0.29) is 13.2 Å². The second-order valence-corrected chi connectivity index (χ2v) is 5.50. The standard InChI is InChI=1S/C13H18BrNO4/c1-9(12(18)15-13(2,7-16)8-17)19-11-5-3-10(14)4-6-11/h3-6,9,16-17H,7-8H2,1-2H3,(H,15,18). The van der Waals surface area contributed by atoms with E-state index in [0.717, 1.165) is 4.47 Å². The number of ether oxygens (including phenoxy) is 1. The molecule has 106 valence electrons. The van der Waals surface area contributed by atoms with Crippen molar-refractivity contribution in [3.8, 4) is 5.75 Å². The van der Waals surface area contributed by atoms with Crippen LogP contribution in [-0.4, -0.2) is 41.0 Å². The molecule has 6 heteroatoms. The molecule has 5 nitrogen and oxygen atoms in total. The zero-order chi connectivity index (χ0) is 14.5. The van der Waals surface area contributed by atoms with E-state index >= 15 is 0 Å². The molecule has 0 heterocycles. The first-order chi connectivity index (χ1) is 8.90. The molecule has 0 spiro atoms. The fourth-order valence-electron chi connectivity index (χ4n) is 1.30. The van der Waals surface area contributed by atoms with Gasteiger partial charge in [0.25, 0.3) is 5.91 Å². The zero-order valence-electron chi connectivity index (χ0n) is 10.9. The highest BCUT2D eigenvalue weighted by Gasteiger charge is 2.27. The van der Waals surface area contributed by atoms with Crippen LogP contribution in [0.15, 0.2) is 28.7 Å². The molecular weight excluding hydrogens is 314 g/mol. The second-order valence-electron chi connectivity index (χ2n) is 4.58. The third-order valence-corrected chi connectivity index (χ3v) is 3.15. The van der Waals surface area contributed by atoms with Gasteiger partial charge in [0.2, 0.25) is 0 Å². The van der Waals surface area contributed by atoms with Crippen LogP contribution in [0.2, 0.25) is 0 Å². The first kappa shape index (κ1) is 15.9. The molecule has 1 unspecified atom stereocenters. The maximum absolute atomic E-state index is 11.9. The first-order valence-electron chi connectivity index (χ1n) is 5.86. The Morgan fingerprint density at radius 1 is 1.37 bits per heavy atom. The van der Waals surface area contributed by atoms with Gasteiger partial charge in [0.1, 0.15) is 5.75 Å². The summed E-state index contributed by atoms with van der Waals surface area (Å²) in [4.78, 5) is 11.9. The predicted molar refractivity (Wildman–Crippen MR) is 75.0 cm³/mol. The van der Waals surface area contributed by atoms with E-state index < -0.39 is 17.6 Å². The Bertz CT molecular complexity index is 417. The smallest absolute Gasteiger partial charge is 0.261 e. The predicted octanol–water partition coefficient (Wildman–Crippen LogP) is 1.08. The molecule has 0 aliphatic heterocycles. The summed E-state index contributed by atoms with van der Waals surface area (Å²) in [6.45, 7) is 2.46. The highest BCUT2D eigenvalue weighted by atomic mass is 79.9. The maximum Gasteiger partial charge on any atom is 0.261 e. The van der Waals surface area contributed by atoms with Gasteiger partial charge in [-0.15, -0.1) is 0 Å². The highest BCUT2D eigenvalue weighted by Crippen LogP contribution is 2.17. The molecule has 0 aliphatic carbocycles. The van der Waals surface area contributed by atoms with Gasteiger partial charge in [0, 0.05) is 4.47 Å². The molecule has 1 aromatic carbocycles. The minimum atomic E-state index is -1.05. The summed E-state index contributed by atoms with van der Waals surface area (Å²) >= 11 is 3.31. The Balaban J connectivity index is 2.60. The zero-order valence-corrected chi connectivity index (χ0v) is 12.5. The quantitative estimate of drug-likeness (QED) is 0.728. The summed E-state index contributed by atoms with van der Waals surface area (Å²) in [7, 11) is 0. The van der Waals surface area contributed by atoms with Crippen molar-refractivity contribution in [1.29, 1.82) is 0 Å². The van der Waals surface area contributed by atoms with Gasteiger partial charge in [0.15, 0.2) is 6.10 Å².